The third-order valence-electron chi connectivity index (χ3n) is 3.43. The Bertz CT molecular complexity index is 418. The van der Waals surface area contributed by atoms with E-state index >= 15 is 0 Å². The zero-order valence-electron chi connectivity index (χ0n) is 12.1. The van der Waals surface area contributed by atoms with Crippen LogP contribution in [0.2, 0.25) is 0 Å². The van der Waals surface area contributed by atoms with E-state index in [2.05, 4.69) is 43.5 Å². The number of hydrogen-bond donors (Lipinski definition) is 2. The normalized spacial score (nSPS) is 17.0. The third-order valence-corrected chi connectivity index (χ3v) is 3.43. The molecule has 0 aliphatic heterocycles. The van der Waals surface area contributed by atoms with Crippen LogP contribution >= 0.6 is 0 Å². The molecular formula is C16H24N2O. The van der Waals surface area contributed by atoms with Crippen LogP contribution in [0, 0.1) is 5.41 Å². The van der Waals surface area contributed by atoms with Crippen LogP contribution in [-0.2, 0) is 4.79 Å². The molecule has 19 heavy (non-hydrogen) atoms. The Hall–Kier alpha value is -1.35. The third kappa shape index (κ3) is 4.35. The zero-order valence-corrected chi connectivity index (χ0v) is 12.1. The van der Waals surface area contributed by atoms with Gasteiger partial charge >= 0.3 is 0 Å². The van der Waals surface area contributed by atoms with Gasteiger partial charge in [-0.1, -0.05) is 51.1 Å². The van der Waals surface area contributed by atoms with Gasteiger partial charge < -0.3 is 10.6 Å². The Balaban J connectivity index is 1.99. The summed E-state index contributed by atoms with van der Waals surface area (Å²) in [5.74, 6) is 0.0793. The van der Waals surface area contributed by atoms with E-state index in [1.165, 1.54) is 12.8 Å². The van der Waals surface area contributed by atoms with Crippen molar-refractivity contribution in [2.24, 2.45) is 5.41 Å². The van der Waals surface area contributed by atoms with Crippen LogP contribution < -0.4 is 10.6 Å². The van der Waals surface area contributed by atoms with E-state index in [0.717, 1.165) is 5.56 Å². The summed E-state index contributed by atoms with van der Waals surface area (Å²) in [6.07, 6.45) is 2.41. The van der Waals surface area contributed by atoms with E-state index in [0.29, 0.717) is 12.6 Å². The topological polar surface area (TPSA) is 41.1 Å². The molecule has 1 aliphatic carbocycles. The molecule has 1 aromatic carbocycles. The monoisotopic (exact) mass is 260 g/mol. The molecule has 0 saturated heterocycles. The van der Waals surface area contributed by atoms with Gasteiger partial charge in [0.2, 0.25) is 5.91 Å². The number of carbonyl (C=O) groups is 1. The number of benzene rings is 1. The molecule has 3 heteroatoms. The second-order valence-electron chi connectivity index (χ2n) is 6.43. The molecule has 1 aromatic rings. The highest BCUT2D eigenvalue weighted by Gasteiger charge is 2.28. The van der Waals surface area contributed by atoms with Crippen LogP contribution in [-0.4, -0.2) is 18.5 Å². The fourth-order valence-corrected chi connectivity index (χ4v) is 2.18. The highest BCUT2D eigenvalue weighted by molar-refractivity contribution is 5.78. The molecule has 1 unspecified atom stereocenters. The maximum Gasteiger partial charge on any atom is 0.234 e. The first-order chi connectivity index (χ1) is 8.97. The maximum absolute atomic E-state index is 12.0. The maximum atomic E-state index is 12.0. The zero-order chi connectivity index (χ0) is 13.9. The lowest BCUT2D eigenvalue weighted by atomic mass is 9.82. The molecule has 1 atom stereocenters. The van der Waals surface area contributed by atoms with Crippen LogP contribution in [0.1, 0.15) is 45.2 Å². The summed E-state index contributed by atoms with van der Waals surface area (Å²) in [6.45, 7) is 6.88. The minimum Gasteiger partial charge on any atom is -0.348 e. The molecule has 3 nitrogen and oxygen atoms in total. The van der Waals surface area contributed by atoms with Crippen molar-refractivity contribution < 1.29 is 4.79 Å². The average Bonchev–Trinajstić information content (AvgIpc) is 3.17. The quantitative estimate of drug-likeness (QED) is 0.854. The molecule has 0 radical (unpaired) electrons. The van der Waals surface area contributed by atoms with E-state index in [1.807, 2.05) is 18.2 Å². The lowest BCUT2D eigenvalue weighted by molar-refractivity contribution is -0.121. The smallest absolute Gasteiger partial charge is 0.234 e. The molecular weight excluding hydrogens is 236 g/mol. The first kappa shape index (κ1) is 14.1. The molecule has 2 N–H and O–H groups in total. The average molecular weight is 260 g/mol. The summed E-state index contributed by atoms with van der Waals surface area (Å²) >= 11 is 0. The highest BCUT2D eigenvalue weighted by atomic mass is 16.2. The van der Waals surface area contributed by atoms with E-state index < -0.39 is 0 Å². The van der Waals surface area contributed by atoms with Gasteiger partial charge in [-0.15, -0.1) is 0 Å². The molecule has 0 aromatic heterocycles. The van der Waals surface area contributed by atoms with Crippen LogP contribution in [0.15, 0.2) is 30.3 Å². The van der Waals surface area contributed by atoms with Gasteiger partial charge in [-0.05, 0) is 23.8 Å². The number of amides is 1. The minimum absolute atomic E-state index is 0.00338. The van der Waals surface area contributed by atoms with Crippen LogP contribution in [0.3, 0.4) is 0 Å². The standard InChI is InChI=1S/C16H24N2O/c1-16(2,3)15(12-7-5-4-6-8-12)18-14(19)11-17-13-9-10-13/h4-8,13,15,17H,9-11H2,1-3H3,(H,18,19). The largest absolute Gasteiger partial charge is 0.348 e. The van der Waals surface area contributed by atoms with Gasteiger partial charge in [-0.2, -0.15) is 0 Å². The van der Waals surface area contributed by atoms with Gasteiger partial charge in [0.1, 0.15) is 0 Å². The molecule has 2 rings (SSSR count). The lowest BCUT2D eigenvalue weighted by Crippen LogP contribution is -2.41. The van der Waals surface area contributed by atoms with E-state index in [9.17, 15) is 4.79 Å². The van der Waals surface area contributed by atoms with Crippen molar-refractivity contribution in [3.8, 4) is 0 Å². The summed E-state index contributed by atoms with van der Waals surface area (Å²) in [4.78, 5) is 12.0. The number of hydrogen-bond acceptors (Lipinski definition) is 2. The summed E-state index contributed by atoms with van der Waals surface area (Å²) in [5.41, 5.74) is 1.16. The highest BCUT2D eigenvalue weighted by Crippen LogP contribution is 2.32. The Morgan fingerprint density at radius 1 is 1.26 bits per heavy atom. The molecule has 0 heterocycles. The Kier molecular flexibility index (Phi) is 4.25. The van der Waals surface area contributed by atoms with E-state index in [-0.39, 0.29) is 17.4 Å². The SMILES string of the molecule is CC(C)(C)C(NC(=O)CNC1CC1)c1ccccc1. The number of carbonyl (C=O) groups excluding carboxylic acids is 1. The van der Waals surface area contributed by atoms with E-state index in [4.69, 9.17) is 0 Å². The fraction of sp³-hybridized carbons (Fsp3) is 0.562. The van der Waals surface area contributed by atoms with Gasteiger partial charge in [-0.25, -0.2) is 0 Å². The van der Waals surface area contributed by atoms with Crippen molar-refractivity contribution in [1.29, 1.82) is 0 Å². The van der Waals surface area contributed by atoms with Gasteiger partial charge in [0.15, 0.2) is 0 Å². The summed E-state index contributed by atoms with van der Waals surface area (Å²) in [5, 5.41) is 6.41. The Labute approximate surface area is 115 Å². The second kappa shape index (κ2) is 5.74. The fourth-order valence-electron chi connectivity index (χ4n) is 2.18. The lowest BCUT2D eigenvalue weighted by Gasteiger charge is -2.32. The summed E-state index contributed by atoms with van der Waals surface area (Å²) in [6, 6.07) is 10.8. The Morgan fingerprint density at radius 3 is 2.42 bits per heavy atom. The molecule has 0 spiro atoms. The van der Waals surface area contributed by atoms with Crippen molar-refractivity contribution in [2.75, 3.05) is 6.54 Å². The molecule has 104 valence electrons. The first-order valence-corrected chi connectivity index (χ1v) is 7.04. The number of rotatable bonds is 5. The molecule has 1 saturated carbocycles. The van der Waals surface area contributed by atoms with Gasteiger partial charge in [0, 0.05) is 6.04 Å². The van der Waals surface area contributed by atoms with Crippen molar-refractivity contribution in [3.05, 3.63) is 35.9 Å². The predicted octanol–water partition coefficient (Wildman–Crippen LogP) is 2.64. The van der Waals surface area contributed by atoms with E-state index in [1.54, 1.807) is 0 Å². The first-order valence-electron chi connectivity index (χ1n) is 7.04. The van der Waals surface area contributed by atoms with Gasteiger partial charge in [0.05, 0.1) is 12.6 Å². The molecule has 0 bridgehead atoms. The Morgan fingerprint density at radius 2 is 1.89 bits per heavy atom. The van der Waals surface area contributed by atoms with Crippen LogP contribution in [0.25, 0.3) is 0 Å². The minimum atomic E-state index is -0.00338. The van der Waals surface area contributed by atoms with Gasteiger partial charge in [-0.3, -0.25) is 4.79 Å². The molecule has 1 aliphatic rings. The van der Waals surface area contributed by atoms with Crippen molar-refractivity contribution in [2.45, 2.75) is 45.7 Å². The summed E-state index contributed by atoms with van der Waals surface area (Å²) < 4.78 is 0. The van der Waals surface area contributed by atoms with Gasteiger partial charge in [0.25, 0.3) is 0 Å². The van der Waals surface area contributed by atoms with Crippen molar-refractivity contribution in [3.63, 3.8) is 0 Å². The molecule has 1 amide bonds. The molecule has 1 fully saturated rings. The summed E-state index contributed by atoms with van der Waals surface area (Å²) in [7, 11) is 0. The van der Waals surface area contributed by atoms with Crippen LogP contribution in [0.4, 0.5) is 0 Å². The van der Waals surface area contributed by atoms with Crippen LogP contribution in [0.5, 0.6) is 0 Å². The number of nitrogens with one attached hydrogen (secondary N) is 2. The predicted molar refractivity (Wildman–Crippen MR) is 77.8 cm³/mol. The second-order valence-corrected chi connectivity index (χ2v) is 6.43. The van der Waals surface area contributed by atoms with Crippen molar-refractivity contribution in [1.82, 2.24) is 10.6 Å². The van der Waals surface area contributed by atoms with Crippen molar-refractivity contribution >= 4 is 5.91 Å².